The molecule has 2 heterocycles. The van der Waals surface area contributed by atoms with Gasteiger partial charge in [-0.3, -0.25) is 9.80 Å². The predicted molar refractivity (Wildman–Crippen MR) is 134 cm³/mol. The summed E-state index contributed by atoms with van der Waals surface area (Å²) in [6, 6.07) is 0. The van der Waals surface area contributed by atoms with Gasteiger partial charge >= 0.3 is 8.56 Å². The highest BCUT2D eigenvalue weighted by atomic mass is 28.4. The number of rotatable bonds is 14. The summed E-state index contributed by atoms with van der Waals surface area (Å²) in [5, 5.41) is 0. The van der Waals surface area contributed by atoms with Crippen molar-refractivity contribution in [2.75, 3.05) is 80.7 Å². The molecule has 0 saturated carbocycles. The first-order valence-corrected chi connectivity index (χ1v) is 15.0. The fourth-order valence-electron chi connectivity index (χ4n) is 5.48. The Hall–Kier alpha value is -0.0231. The first-order valence-electron chi connectivity index (χ1n) is 13.0. The molecule has 0 bridgehead atoms. The Morgan fingerprint density at radius 2 is 1.00 bits per heavy atom. The normalized spacial score (nSPS) is 21.7. The molecule has 0 amide bonds. The largest absolute Gasteiger partial charge is 0.391 e. The van der Waals surface area contributed by atoms with E-state index in [4.69, 9.17) is 8.85 Å². The van der Waals surface area contributed by atoms with Gasteiger partial charge in [0, 0.05) is 26.3 Å². The van der Waals surface area contributed by atoms with Crippen LogP contribution < -0.4 is 0 Å². The van der Waals surface area contributed by atoms with E-state index in [2.05, 4.69) is 61.6 Å². The number of piperidine rings is 2. The van der Waals surface area contributed by atoms with Gasteiger partial charge < -0.3 is 18.7 Å². The van der Waals surface area contributed by atoms with Gasteiger partial charge in [-0.25, -0.2) is 0 Å². The predicted octanol–water partition coefficient (Wildman–Crippen LogP) is 3.19. The summed E-state index contributed by atoms with van der Waals surface area (Å²) in [4.78, 5) is 9.99. The van der Waals surface area contributed by atoms with Gasteiger partial charge in [0.1, 0.15) is 0 Å². The molecule has 0 aromatic heterocycles. The van der Waals surface area contributed by atoms with Crippen molar-refractivity contribution in [2.24, 2.45) is 0 Å². The lowest BCUT2D eigenvalue weighted by atomic mass is 10.1. The van der Waals surface area contributed by atoms with Gasteiger partial charge in [-0.1, -0.05) is 26.7 Å². The van der Waals surface area contributed by atoms with Crippen molar-refractivity contribution in [2.45, 2.75) is 76.5 Å². The molecule has 0 aromatic rings. The molecule has 7 heteroatoms. The molecule has 0 spiro atoms. The number of likely N-dealkylation sites (N-methyl/N-ethyl adjacent to an activating group) is 2. The van der Waals surface area contributed by atoms with Gasteiger partial charge in [-0.05, 0) is 92.9 Å². The maximum Gasteiger partial charge on any atom is 0.373 e. The van der Waals surface area contributed by atoms with E-state index in [0.717, 1.165) is 39.1 Å². The molecular formula is C24H52N4O2Si. The van der Waals surface area contributed by atoms with Crippen LogP contribution in [0.25, 0.3) is 0 Å². The van der Waals surface area contributed by atoms with Gasteiger partial charge in [0.05, 0.1) is 11.3 Å². The Labute approximate surface area is 194 Å². The summed E-state index contributed by atoms with van der Waals surface area (Å²) in [6.07, 6.45) is 10.3. The molecule has 31 heavy (non-hydrogen) atoms. The van der Waals surface area contributed by atoms with E-state index in [-0.39, 0.29) is 0 Å². The monoisotopic (exact) mass is 456 g/mol. The Kier molecular flexibility index (Phi) is 12.5. The van der Waals surface area contributed by atoms with Crippen molar-refractivity contribution in [3.05, 3.63) is 0 Å². The maximum atomic E-state index is 7.11. The lowest BCUT2D eigenvalue weighted by Gasteiger charge is -2.51. The van der Waals surface area contributed by atoms with E-state index in [0.29, 0.717) is 11.3 Å². The van der Waals surface area contributed by atoms with Crippen molar-refractivity contribution in [1.82, 2.24) is 19.6 Å². The number of hydrogen-bond donors (Lipinski definition) is 0. The van der Waals surface area contributed by atoms with Crippen LogP contribution in [-0.4, -0.2) is 120 Å². The Balaban J connectivity index is 2.39. The molecule has 2 unspecified atom stereocenters. The van der Waals surface area contributed by atoms with E-state index in [1.807, 2.05) is 0 Å². The van der Waals surface area contributed by atoms with Crippen LogP contribution >= 0.6 is 0 Å². The molecule has 2 saturated heterocycles. The molecule has 2 rings (SSSR count). The molecule has 2 aliphatic heterocycles. The number of hydrogen-bond acceptors (Lipinski definition) is 6. The zero-order chi connectivity index (χ0) is 22.7. The number of nitrogens with zero attached hydrogens (tertiary/aromatic N) is 4. The molecule has 0 aromatic carbocycles. The summed E-state index contributed by atoms with van der Waals surface area (Å²) in [5.41, 5.74) is 0.869. The molecular weight excluding hydrogens is 404 g/mol. The smallest absolute Gasteiger partial charge is 0.373 e. The molecule has 0 aliphatic carbocycles. The van der Waals surface area contributed by atoms with Crippen LogP contribution in [0.3, 0.4) is 0 Å². The Bertz CT molecular complexity index is 426. The summed E-state index contributed by atoms with van der Waals surface area (Å²) >= 11 is 0. The van der Waals surface area contributed by atoms with Crippen LogP contribution in [0.1, 0.15) is 65.2 Å². The van der Waals surface area contributed by atoms with Gasteiger partial charge in [0.15, 0.2) is 0 Å². The van der Waals surface area contributed by atoms with Crippen molar-refractivity contribution < 1.29 is 8.85 Å². The average Bonchev–Trinajstić information content (AvgIpc) is 2.75. The zero-order valence-electron chi connectivity index (χ0n) is 21.6. The molecule has 184 valence electrons. The first-order chi connectivity index (χ1) is 14.9. The lowest BCUT2D eigenvalue weighted by molar-refractivity contribution is 0.0599. The summed E-state index contributed by atoms with van der Waals surface area (Å²) in [6.45, 7) is 13.0. The Morgan fingerprint density at radius 3 is 1.29 bits per heavy atom. The quantitative estimate of drug-likeness (QED) is 0.373. The highest BCUT2D eigenvalue weighted by Gasteiger charge is 2.55. The second-order valence-electron chi connectivity index (χ2n) is 10.1. The second-order valence-corrected chi connectivity index (χ2v) is 13.4. The summed E-state index contributed by atoms with van der Waals surface area (Å²) < 4.78 is 14.2. The van der Waals surface area contributed by atoms with Gasteiger partial charge in [0.2, 0.25) is 0 Å². The zero-order valence-corrected chi connectivity index (χ0v) is 22.6. The second kappa shape index (κ2) is 14.3. The van der Waals surface area contributed by atoms with E-state index < -0.39 is 8.56 Å². The minimum atomic E-state index is -2.56. The van der Waals surface area contributed by atoms with Crippen molar-refractivity contribution in [3.63, 3.8) is 0 Å². The van der Waals surface area contributed by atoms with E-state index in [1.54, 1.807) is 0 Å². The molecule has 2 aliphatic rings. The molecule has 6 nitrogen and oxygen atoms in total. The molecule has 2 atom stereocenters. The lowest BCUT2D eigenvalue weighted by Crippen LogP contribution is -2.72. The fourth-order valence-corrected chi connectivity index (χ4v) is 10.3. The standard InChI is InChI=1S/C24H52N4O2Si/c1-7-23(27-15-11-9-12-16-27)31(29-21-19-25(3)4,30-22-20-26(5)6)24(8-2)28-17-13-10-14-18-28/h23-24H,7-22H2,1-6H3. The summed E-state index contributed by atoms with van der Waals surface area (Å²) in [5.74, 6) is 0. The van der Waals surface area contributed by atoms with Crippen LogP contribution in [0.15, 0.2) is 0 Å². The van der Waals surface area contributed by atoms with Crippen LogP contribution in [-0.2, 0) is 8.85 Å². The molecule has 2 fully saturated rings. The van der Waals surface area contributed by atoms with Crippen molar-refractivity contribution in [3.8, 4) is 0 Å². The maximum absolute atomic E-state index is 7.11. The van der Waals surface area contributed by atoms with Gasteiger partial charge in [-0.2, -0.15) is 0 Å². The third-order valence-electron chi connectivity index (χ3n) is 7.10. The third-order valence-corrected chi connectivity index (χ3v) is 11.8. The average molecular weight is 457 g/mol. The topological polar surface area (TPSA) is 31.4 Å². The minimum Gasteiger partial charge on any atom is -0.391 e. The molecule has 0 N–H and O–H groups in total. The number of likely N-dealkylation sites (tertiary alicyclic amines) is 2. The van der Waals surface area contributed by atoms with E-state index in [9.17, 15) is 0 Å². The molecule has 0 radical (unpaired) electrons. The highest BCUT2D eigenvalue weighted by Crippen LogP contribution is 2.32. The summed E-state index contributed by atoms with van der Waals surface area (Å²) in [7, 11) is 6.00. The van der Waals surface area contributed by atoms with Gasteiger partial charge in [-0.15, -0.1) is 0 Å². The highest BCUT2D eigenvalue weighted by molar-refractivity contribution is 6.70. The third kappa shape index (κ3) is 8.05. The van der Waals surface area contributed by atoms with Crippen LogP contribution in [0.2, 0.25) is 0 Å². The first kappa shape index (κ1) is 27.2. The van der Waals surface area contributed by atoms with E-state index >= 15 is 0 Å². The van der Waals surface area contributed by atoms with Crippen LogP contribution in [0, 0.1) is 0 Å². The van der Waals surface area contributed by atoms with Crippen LogP contribution in [0.4, 0.5) is 0 Å². The van der Waals surface area contributed by atoms with Crippen molar-refractivity contribution in [1.29, 1.82) is 0 Å². The van der Waals surface area contributed by atoms with Crippen molar-refractivity contribution >= 4 is 8.56 Å². The van der Waals surface area contributed by atoms with E-state index in [1.165, 1.54) is 64.7 Å². The fraction of sp³-hybridized carbons (Fsp3) is 1.00. The minimum absolute atomic E-state index is 0.434. The van der Waals surface area contributed by atoms with Crippen LogP contribution in [0.5, 0.6) is 0 Å². The SMILES string of the molecule is CCC(N1CCCCC1)[Si](OCCN(C)C)(OCCN(C)C)C(CC)N1CCCCC1. The Morgan fingerprint density at radius 1 is 0.645 bits per heavy atom. The van der Waals surface area contributed by atoms with Gasteiger partial charge in [0.25, 0.3) is 0 Å².